The van der Waals surface area contributed by atoms with Crippen LogP contribution >= 0.6 is 0 Å². The number of nitrogens with zero attached hydrogens (tertiary/aromatic N) is 4. The van der Waals surface area contributed by atoms with E-state index in [4.69, 9.17) is 4.74 Å². The van der Waals surface area contributed by atoms with Crippen molar-refractivity contribution in [1.29, 1.82) is 0 Å². The molecule has 72 valence electrons. The molecule has 6 heteroatoms. The van der Waals surface area contributed by atoms with E-state index in [0.717, 1.165) is 25.9 Å². The van der Waals surface area contributed by atoms with Crippen molar-refractivity contribution < 1.29 is 4.74 Å². The first-order chi connectivity index (χ1) is 6.36. The van der Waals surface area contributed by atoms with Crippen molar-refractivity contribution in [3.8, 4) is 6.01 Å². The van der Waals surface area contributed by atoms with Crippen LogP contribution in [0.2, 0.25) is 0 Å². The van der Waals surface area contributed by atoms with Crippen LogP contribution in [0.1, 0.15) is 12.8 Å². The molecule has 6 nitrogen and oxygen atoms in total. The first-order valence-corrected chi connectivity index (χ1v) is 4.46. The summed E-state index contributed by atoms with van der Waals surface area (Å²) < 4.78 is 7.16. The molecule has 0 bridgehead atoms. The van der Waals surface area contributed by atoms with Gasteiger partial charge in [0.05, 0.1) is 0 Å². The van der Waals surface area contributed by atoms with E-state index >= 15 is 0 Å². The quantitative estimate of drug-likeness (QED) is 0.659. The highest BCUT2D eigenvalue weighted by molar-refractivity contribution is 4.88. The lowest BCUT2D eigenvalue weighted by molar-refractivity contribution is 0.142. The minimum absolute atomic E-state index is 0.256. The van der Waals surface area contributed by atoms with Gasteiger partial charge in [-0.1, -0.05) is 5.10 Å². The smallest absolute Gasteiger partial charge is 0.335 e. The monoisotopic (exact) mass is 183 g/mol. The van der Waals surface area contributed by atoms with Gasteiger partial charge in [0, 0.05) is 7.05 Å². The molecule has 0 unspecified atom stereocenters. The molecule has 2 rings (SSSR count). The van der Waals surface area contributed by atoms with Gasteiger partial charge in [0.25, 0.3) is 0 Å². The standard InChI is InChI=1S/C7H13N5O/c1-12-7(9-10-11-12)13-6-2-4-8-5-3-6/h6,8H,2-5H2,1H3. The zero-order valence-corrected chi connectivity index (χ0v) is 7.60. The normalized spacial score (nSPS) is 18.8. The maximum Gasteiger partial charge on any atom is 0.335 e. The Hall–Kier alpha value is -1.17. The largest absolute Gasteiger partial charge is 0.459 e. The minimum atomic E-state index is 0.256. The predicted octanol–water partition coefficient (Wildman–Crippen LogP) is -0.659. The summed E-state index contributed by atoms with van der Waals surface area (Å²) in [7, 11) is 1.77. The number of aromatic nitrogens is 4. The number of aryl methyl sites for hydroxylation is 1. The van der Waals surface area contributed by atoms with Crippen molar-refractivity contribution in [3.63, 3.8) is 0 Å². The highest BCUT2D eigenvalue weighted by Gasteiger charge is 2.16. The molecule has 1 aromatic rings. The fourth-order valence-electron chi connectivity index (χ4n) is 1.38. The lowest BCUT2D eigenvalue weighted by Gasteiger charge is -2.22. The zero-order valence-electron chi connectivity index (χ0n) is 7.60. The Kier molecular flexibility index (Phi) is 2.40. The molecule has 1 saturated heterocycles. The number of rotatable bonds is 2. The Bertz CT molecular complexity index is 268. The van der Waals surface area contributed by atoms with Crippen molar-refractivity contribution in [2.24, 2.45) is 7.05 Å². The van der Waals surface area contributed by atoms with Crippen molar-refractivity contribution >= 4 is 0 Å². The van der Waals surface area contributed by atoms with Gasteiger partial charge in [0.2, 0.25) is 0 Å². The maximum absolute atomic E-state index is 5.61. The minimum Gasteiger partial charge on any atom is -0.459 e. The Morgan fingerprint density at radius 2 is 2.23 bits per heavy atom. The molecule has 0 saturated carbocycles. The first kappa shape index (κ1) is 8.43. The number of hydrogen-bond acceptors (Lipinski definition) is 5. The molecule has 0 atom stereocenters. The van der Waals surface area contributed by atoms with E-state index in [1.54, 1.807) is 11.7 Å². The molecular formula is C7H13N5O. The van der Waals surface area contributed by atoms with Crippen molar-refractivity contribution in [2.75, 3.05) is 13.1 Å². The lowest BCUT2D eigenvalue weighted by Crippen LogP contribution is -2.34. The highest BCUT2D eigenvalue weighted by Crippen LogP contribution is 2.11. The van der Waals surface area contributed by atoms with Gasteiger partial charge >= 0.3 is 6.01 Å². The Morgan fingerprint density at radius 3 is 2.85 bits per heavy atom. The van der Waals surface area contributed by atoms with E-state index in [-0.39, 0.29) is 6.10 Å². The van der Waals surface area contributed by atoms with Crippen LogP contribution in [-0.4, -0.2) is 39.4 Å². The van der Waals surface area contributed by atoms with Crippen molar-refractivity contribution in [1.82, 2.24) is 25.5 Å². The van der Waals surface area contributed by atoms with E-state index < -0.39 is 0 Å². The third-order valence-electron chi connectivity index (χ3n) is 2.14. The van der Waals surface area contributed by atoms with E-state index in [0.29, 0.717) is 6.01 Å². The van der Waals surface area contributed by atoms with Crippen molar-refractivity contribution in [3.05, 3.63) is 0 Å². The Balaban J connectivity index is 1.93. The second kappa shape index (κ2) is 3.69. The van der Waals surface area contributed by atoms with Crippen LogP contribution in [0.25, 0.3) is 0 Å². The molecule has 0 aromatic carbocycles. The number of nitrogens with one attached hydrogen (secondary N) is 1. The molecular weight excluding hydrogens is 170 g/mol. The summed E-state index contributed by atoms with van der Waals surface area (Å²) >= 11 is 0. The number of tetrazole rings is 1. The van der Waals surface area contributed by atoms with Crippen LogP contribution < -0.4 is 10.1 Å². The highest BCUT2D eigenvalue weighted by atomic mass is 16.5. The summed E-state index contributed by atoms with van der Waals surface area (Å²) in [6.45, 7) is 2.02. The number of piperidine rings is 1. The second-order valence-electron chi connectivity index (χ2n) is 3.15. The number of ether oxygens (including phenoxy) is 1. The topological polar surface area (TPSA) is 64.9 Å². The van der Waals surface area contributed by atoms with Crippen LogP contribution in [0.15, 0.2) is 0 Å². The molecule has 1 aliphatic rings. The SMILES string of the molecule is Cn1nnnc1OC1CCNCC1. The van der Waals surface area contributed by atoms with Crippen LogP contribution in [-0.2, 0) is 7.05 Å². The Labute approximate surface area is 76.3 Å². The van der Waals surface area contributed by atoms with E-state index in [1.165, 1.54) is 0 Å². The zero-order chi connectivity index (χ0) is 9.10. The van der Waals surface area contributed by atoms with Crippen LogP contribution in [0.5, 0.6) is 6.01 Å². The first-order valence-electron chi connectivity index (χ1n) is 4.46. The molecule has 0 spiro atoms. The van der Waals surface area contributed by atoms with E-state index in [1.807, 2.05) is 0 Å². The molecule has 0 amide bonds. The average molecular weight is 183 g/mol. The molecule has 13 heavy (non-hydrogen) atoms. The summed E-state index contributed by atoms with van der Waals surface area (Å²) in [5.74, 6) is 0. The van der Waals surface area contributed by atoms with E-state index in [9.17, 15) is 0 Å². The summed E-state index contributed by atoms with van der Waals surface area (Å²) in [6, 6.07) is 0.506. The van der Waals surface area contributed by atoms with Crippen LogP contribution in [0.3, 0.4) is 0 Å². The average Bonchev–Trinajstić information content (AvgIpc) is 2.54. The summed E-state index contributed by atoms with van der Waals surface area (Å²) in [5.41, 5.74) is 0. The molecule has 0 radical (unpaired) electrons. The molecule has 0 aliphatic carbocycles. The van der Waals surface area contributed by atoms with Gasteiger partial charge < -0.3 is 10.1 Å². The summed E-state index contributed by atoms with van der Waals surface area (Å²) in [5, 5.41) is 14.2. The fraction of sp³-hybridized carbons (Fsp3) is 0.857. The second-order valence-corrected chi connectivity index (χ2v) is 3.15. The number of hydrogen-bond donors (Lipinski definition) is 1. The Morgan fingerprint density at radius 1 is 1.46 bits per heavy atom. The van der Waals surface area contributed by atoms with E-state index in [2.05, 4.69) is 20.8 Å². The van der Waals surface area contributed by atoms with Crippen molar-refractivity contribution in [2.45, 2.75) is 18.9 Å². The molecule has 1 N–H and O–H groups in total. The lowest BCUT2D eigenvalue weighted by atomic mass is 10.1. The van der Waals surface area contributed by atoms with Gasteiger partial charge in [-0.3, -0.25) is 0 Å². The van der Waals surface area contributed by atoms with Gasteiger partial charge in [-0.15, -0.1) is 0 Å². The molecule has 1 aromatic heterocycles. The van der Waals surface area contributed by atoms with Gasteiger partial charge in [0.1, 0.15) is 6.10 Å². The van der Waals surface area contributed by atoms with Crippen LogP contribution in [0.4, 0.5) is 0 Å². The van der Waals surface area contributed by atoms with Gasteiger partial charge in [-0.25, -0.2) is 0 Å². The van der Waals surface area contributed by atoms with Gasteiger partial charge in [-0.2, -0.15) is 4.68 Å². The third kappa shape index (κ3) is 1.95. The van der Waals surface area contributed by atoms with Crippen LogP contribution in [0, 0.1) is 0 Å². The molecule has 2 heterocycles. The predicted molar refractivity (Wildman–Crippen MR) is 45.3 cm³/mol. The summed E-state index contributed by atoms with van der Waals surface area (Å²) in [4.78, 5) is 0. The van der Waals surface area contributed by atoms with Gasteiger partial charge in [-0.05, 0) is 36.4 Å². The molecule has 1 aliphatic heterocycles. The maximum atomic E-state index is 5.61. The summed E-state index contributed by atoms with van der Waals surface area (Å²) in [6.07, 6.45) is 2.30. The van der Waals surface area contributed by atoms with Gasteiger partial charge in [0.15, 0.2) is 0 Å². The third-order valence-corrected chi connectivity index (χ3v) is 2.14. The fourth-order valence-corrected chi connectivity index (χ4v) is 1.38. The molecule has 1 fully saturated rings.